The van der Waals surface area contributed by atoms with Crippen molar-refractivity contribution in [2.75, 3.05) is 13.1 Å². The third-order valence-corrected chi connectivity index (χ3v) is 3.27. The van der Waals surface area contributed by atoms with Crippen molar-refractivity contribution in [1.82, 2.24) is 20.4 Å². The van der Waals surface area contributed by atoms with Gasteiger partial charge in [-0.25, -0.2) is 0 Å². The summed E-state index contributed by atoms with van der Waals surface area (Å²) in [5.74, 6) is 2.26. The maximum atomic E-state index is 5.32. The van der Waals surface area contributed by atoms with Crippen molar-refractivity contribution in [2.45, 2.75) is 12.8 Å². The Bertz CT molecular complexity index is 492. The van der Waals surface area contributed by atoms with Crippen molar-refractivity contribution in [3.63, 3.8) is 0 Å². The predicted molar refractivity (Wildman–Crippen MR) is 62.3 cm³/mol. The van der Waals surface area contributed by atoms with Crippen LogP contribution >= 0.6 is 0 Å². The first kappa shape index (κ1) is 10.4. The van der Waals surface area contributed by atoms with Gasteiger partial charge in [0, 0.05) is 23.9 Å². The van der Waals surface area contributed by atoms with Crippen molar-refractivity contribution >= 4 is 0 Å². The van der Waals surface area contributed by atoms with Gasteiger partial charge in [0.05, 0.1) is 0 Å². The van der Waals surface area contributed by atoms with Gasteiger partial charge in [-0.2, -0.15) is 4.98 Å². The van der Waals surface area contributed by atoms with Gasteiger partial charge >= 0.3 is 0 Å². The lowest BCUT2D eigenvalue weighted by Gasteiger charge is -2.30. The lowest BCUT2D eigenvalue weighted by atomic mass is 9.89. The Hall–Kier alpha value is -1.75. The fourth-order valence-corrected chi connectivity index (χ4v) is 1.90. The van der Waals surface area contributed by atoms with Crippen LogP contribution in [0.15, 0.2) is 29.0 Å². The highest BCUT2D eigenvalue weighted by Gasteiger charge is 2.28. The average molecular weight is 230 g/mol. The molecule has 1 unspecified atom stereocenters. The number of rotatable bonds is 3. The van der Waals surface area contributed by atoms with Crippen LogP contribution in [0.1, 0.15) is 18.7 Å². The molecule has 1 saturated heterocycles. The van der Waals surface area contributed by atoms with Gasteiger partial charge in [0.25, 0.3) is 0 Å². The molecule has 0 spiro atoms. The third kappa shape index (κ3) is 1.93. The predicted octanol–water partition coefficient (Wildman–Crippen LogP) is 1.45. The quantitative estimate of drug-likeness (QED) is 0.864. The van der Waals surface area contributed by atoms with Gasteiger partial charge in [-0.1, -0.05) is 12.1 Å². The summed E-state index contributed by atoms with van der Waals surface area (Å²) in [4.78, 5) is 8.48. The SMILES string of the molecule is CC(c1nc(-c2cccnc2)no1)C1CNC1. The minimum Gasteiger partial charge on any atom is -0.339 e. The zero-order valence-corrected chi connectivity index (χ0v) is 9.63. The van der Waals surface area contributed by atoms with E-state index < -0.39 is 0 Å². The van der Waals surface area contributed by atoms with Gasteiger partial charge in [-0.15, -0.1) is 0 Å². The normalized spacial score (nSPS) is 17.7. The standard InChI is InChI=1S/C12H14N4O/c1-8(10-6-14-7-10)12-15-11(16-17-12)9-3-2-4-13-5-9/h2-5,8,10,14H,6-7H2,1H3. The summed E-state index contributed by atoms with van der Waals surface area (Å²) in [5.41, 5.74) is 0.890. The molecule has 0 aliphatic carbocycles. The molecule has 3 heterocycles. The Kier molecular flexibility index (Phi) is 2.60. The summed E-state index contributed by atoms with van der Waals surface area (Å²) in [6.45, 7) is 4.20. The van der Waals surface area contributed by atoms with Crippen molar-refractivity contribution in [2.24, 2.45) is 5.92 Å². The third-order valence-electron chi connectivity index (χ3n) is 3.27. The summed E-state index contributed by atoms with van der Waals surface area (Å²) in [6.07, 6.45) is 3.47. The number of nitrogens with zero attached hydrogens (tertiary/aromatic N) is 3. The summed E-state index contributed by atoms with van der Waals surface area (Å²) in [6, 6.07) is 3.79. The van der Waals surface area contributed by atoms with E-state index in [0.29, 0.717) is 17.7 Å². The number of aromatic nitrogens is 3. The van der Waals surface area contributed by atoms with Crippen molar-refractivity contribution in [3.8, 4) is 11.4 Å². The van der Waals surface area contributed by atoms with Crippen LogP contribution in [0.3, 0.4) is 0 Å². The molecule has 3 rings (SSSR count). The Morgan fingerprint density at radius 3 is 3.00 bits per heavy atom. The number of nitrogens with one attached hydrogen (secondary N) is 1. The second kappa shape index (κ2) is 4.25. The number of hydrogen-bond donors (Lipinski definition) is 1. The highest BCUT2D eigenvalue weighted by Crippen LogP contribution is 2.27. The number of hydrogen-bond acceptors (Lipinski definition) is 5. The lowest BCUT2D eigenvalue weighted by Crippen LogP contribution is -2.44. The fraction of sp³-hybridized carbons (Fsp3) is 0.417. The van der Waals surface area contributed by atoms with Crippen LogP contribution < -0.4 is 5.32 Å². The van der Waals surface area contributed by atoms with E-state index in [-0.39, 0.29) is 0 Å². The van der Waals surface area contributed by atoms with E-state index in [9.17, 15) is 0 Å². The van der Waals surface area contributed by atoms with Crippen molar-refractivity contribution < 1.29 is 4.52 Å². The minimum atomic E-state index is 0.314. The molecule has 2 aromatic rings. The highest BCUT2D eigenvalue weighted by molar-refractivity contribution is 5.51. The van der Waals surface area contributed by atoms with Crippen LogP contribution in [0.5, 0.6) is 0 Å². The molecule has 0 radical (unpaired) electrons. The number of pyridine rings is 1. The lowest BCUT2D eigenvalue weighted by molar-refractivity contribution is 0.252. The largest absolute Gasteiger partial charge is 0.339 e. The van der Waals surface area contributed by atoms with Crippen LogP contribution in [0.2, 0.25) is 0 Å². The molecule has 5 nitrogen and oxygen atoms in total. The summed E-state index contributed by atoms with van der Waals surface area (Å²) in [5, 5.41) is 7.25. The van der Waals surface area contributed by atoms with E-state index in [1.165, 1.54) is 0 Å². The van der Waals surface area contributed by atoms with Crippen LogP contribution in [-0.4, -0.2) is 28.2 Å². The molecule has 1 aliphatic rings. The molecule has 1 atom stereocenters. The van der Waals surface area contributed by atoms with E-state index in [1.54, 1.807) is 12.4 Å². The van der Waals surface area contributed by atoms with Gasteiger partial charge in [0.15, 0.2) is 0 Å². The molecular formula is C12H14N4O. The van der Waals surface area contributed by atoms with Gasteiger partial charge in [0.2, 0.25) is 11.7 Å². The first-order valence-electron chi connectivity index (χ1n) is 5.79. The molecular weight excluding hydrogens is 216 g/mol. The van der Waals surface area contributed by atoms with Crippen molar-refractivity contribution in [3.05, 3.63) is 30.4 Å². The van der Waals surface area contributed by atoms with Crippen LogP contribution in [-0.2, 0) is 0 Å². The molecule has 2 aromatic heterocycles. The van der Waals surface area contributed by atoms with Crippen LogP contribution in [0, 0.1) is 5.92 Å². The Morgan fingerprint density at radius 2 is 2.35 bits per heavy atom. The van der Waals surface area contributed by atoms with Crippen LogP contribution in [0.25, 0.3) is 11.4 Å². The second-order valence-corrected chi connectivity index (χ2v) is 4.40. The highest BCUT2D eigenvalue weighted by atomic mass is 16.5. The second-order valence-electron chi connectivity index (χ2n) is 4.40. The summed E-state index contributed by atoms with van der Waals surface area (Å²) in [7, 11) is 0. The van der Waals surface area contributed by atoms with Gasteiger partial charge in [-0.3, -0.25) is 4.98 Å². The molecule has 1 N–H and O–H groups in total. The first-order valence-corrected chi connectivity index (χ1v) is 5.79. The van der Waals surface area contributed by atoms with Gasteiger partial charge in [0.1, 0.15) is 0 Å². The van der Waals surface area contributed by atoms with E-state index in [1.807, 2.05) is 12.1 Å². The molecule has 0 amide bonds. The van der Waals surface area contributed by atoms with E-state index in [2.05, 4.69) is 27.4 Å². The van der Waals surface area contributed by atoms with E-state index >= 15 is 0 Å². The zero-order chi connectivity index (χ0) is 11.7. The Labute approximate surface area is 99.3 Å². The molecule has 17 heavy (non-hydrogen) atoms. The zero-order valence-electron chi connectivity index (χ0n) is 9.63. The topological polar surface area (TPSA) is 63.8 Å². The molecule has 5 heteroatoms. The maximum Gasteiger partial charge on any atom is 0.230 e. The molecule has 0 aromatic carbocycles. The fourth-order valence-electron chi connectivity index (χ4n) is 1.90. The summed E-state index contributed by atoms with van der Waals surface area (Å²) >= 11 is 0. The monoisotopic (exact) mass is 230 g/mol. The van der Waals surface area contributed by atoms with E-state index in [0.717, 1.165) is 24.5 Å². The smallest absolute Gasteiger partial charge is 0.230 e. The maximum absolute atomic E-state index is 5.32. The average Bonchev–Trinajstić information content (AvgIpc) is 2.77. The van der Waals surface area contributed by atoms with Crippen molar-refractivity contribution in [1.29, 1.82) is 0 Å². The molecule has 0 bridgehead atoms. The first-order chi connectivity index (χ1) is 8.34. The molecule has 0 saturated carbocycles. The molecule has 1 fully saturated rings. The molecule has 88 valence electrons. The molecule has 1 aliphatic heterocycles. The minimum absolute atomic E-state index is 0.314. The van der Waals surface area contributed by atoms with E-state index in [4.69, 9.17) is 4.52 Å². The van der Waals surface area contributed by atoms with Gasteiger partial charge < -0.3 is 9.84 Å². The van der Waals surface area contributed by atoms with Gasteiger partial charge in [-0.05, 0) is 31.1 Å². The summed E-state index contributed by atoms with van der Waals surface area (Å²) < 4.78 is 5.32. The Morgan fingerprint density at radius 1 is 1.47 bits per heavy atom. The van der Waals surface area contributed by atoms with Crippen LogP contribution in [0.4, 0.5) is 0 Å². The Balaban J connectivity index is 1.82.